The van der Waals surface area contributed by atoms with Gasteiger partial charge in [0.25, 0.3) is 0 Å². The van der Waals surface area contributed by atoms with Gasteiger partial charge in [-0.3, -0.25) is 0 Å². The number of anilines is 1. The SMILES string of the molecule is CCOc1ccc(NC(C)C2CCOC2)cc1CO. The van der Waals surface area contributed by atoms with Gasteiger partial charge in [0, 0.05) is 29.8 Å². The molecule has 1 aliphatic rings. The molecule has 0 radical (unpaired) electrons. The summed E-state index contributed by atoms with van der Waals surface area (Å²) in [5, 5.41) is 12.9. The maximum Gasteiger partial charge on any atom is 0.124 e. The summed E-state index contributed by atoms with van der Waals surface area (Å²) in [6.45, 7) is 6.41. The number of hydrogen-bond donors (Lipinski definition) is 2. The maximum absolute atomic E-state index is 9.39. The van der Waals surface area contributed by atoms with Crippen LogP contribution in [-0.2, 0) is 11.3 Å². The Morgan fingerprint density at radius 3 is 3.00 bits per heavy atom. The van der Waals surface area contributed by atoms with Crippen LogP contribution in [0.4, 0.5) is 5.69 Å². The number of hydrogen-bond acceptors (Lipinski definition) is 4. The minimum absolute atomic E-state index is 0.00816. The zero-order chi connectivity index (χ0) is 13.7. The van der Waals surface area contributed by atoms with Crippen molar-refractivity contribution < 1.29 is 14.6 Å². The van der Waals surface area contributed by atoms with E-state index in [1.54, 1.807) is 0 Å². The molecule has 1 aromatic carbocycles. The van der Waals surface area contributed by atoms with Gasteiger partial charge in [-0.2, -0.15) is 0 Å². The highest BCUT2D eigenvalue weighted by molar-refractivity contribution is 5.51. The van der Waals surface area contributed by atoms with E-state index in [1.165, 1.54) is 0 Å². The largest absolute Gasteiger partial charge is 0.494 e. The Balaban J connectivity index is 2.03. The van der Waals surface area contributed by atoms with E-state index in [4.69, 9.17) is 9.47 Å². The van der Waals surface area contributed by atoms with E-state index in [0.29, 0.717) is 18.6 Å². The Morgan fingerprint density at radius 2 is 2.37 bits per heavy atom. The van der Waals surface area contributed by atoms with Crippen molar-refractivity contribution in [3.63, 3.8) is 0 Å². The van der Waals surface area contributed by atoms with Gasteiger partial charge in [0.05, 0.1) is 19.8 Å². The van der Waals surface area contributed by atoms with Gasteiger partial charge in [-0.1, -0.05) is 0 Å². The number of aliphatic hydroxyl groups excluding tert-OH is 1. The molecule has 2 atom stereocenters. The standard InChI is InChI=1S/C15H23NO3/c1-3-19-15-5-4-14(8-13(15)9-17)16-11(2)12-6-7-18-10-12/h4-5,8,11-12,16-17H,3,6-7,9-10H2,1-2H3. The number of aliphatic hydroxyl groups is 1. The Kier molecular flexibility index (Phi) is 5.05. The summed E-state index contributed by atoms with van der Waals surface area (Å²) in [4.78, 5) is 0. The Bertz CT molecular complexity index is 402. The van der Waals surface area contributed by atoms with E-state index in [9.17, 15) is 5.11 Å². The summed E-state index contributed by atoms with van der Waals surface area (Å²) >= 11 is 0. The zero-order valence-corrected chi connectivity index (χ0v) is 11.7. The Morgan fingerprint density at radius 1 is 1.53 bits per heavy atom. The van der Waals surface area contributed by atoms with Crippen LogP contribution in [0.15, 0.2) is 18.2 Å². The maximum atomic E-state index is 9.39. The van der Waals surface area contributed by atoms with Crippen LogP contribution >= 0.6 is 0 Å². The van der Waals surface area contributed by atoms with Crippen molar-refractivity contribution >= 4 is 5.69 Å². The van der Waals surface area contributed by atoms with Gasteiger partial charge in [-0.25, -0.2) is 0 Å². The van der Waals surface area contributed by atoms with Crippen molar-refractivity contribution in [2.45, 2.75) is 32.9 Å². The third-order valence-electron chi connectivity index (χ3n) is 3.60. The molecule has 19 heavy (non-hydrogen) atoms. The molecule has 1 aliphatic heterocycles. The van der Waals surface area contributed by atoms with Gasteiger partial charge < -0.3 is 19.9 Å². The first kappa shape index (κ1) is 14.2. The van der Waals surface area contributed by atoms with Crippen molar-refractivity contribution in [1.82, 2.24) is 0 Å². The molecule has 1 aromatic rings. The molecule has 2 N–H and O–H groups in total. The Labute approximate surface area is 114 Å². The lowest BCUT2D eigenvalue weighted by Crippen LogP contribution is -2.26. The quantitative estimate of drug-likeness (QED) is 0.829. The van der Waals surface area contributed by atoms with Crippen LogP contribution in [0.25, 0.3) is 0 Å². The van der Waals surface area contributed by atoms with Gasteiger partial charge in [0.15, 0.2) is 0 Å². The third-order valence-corrected chi connectivity index (χ3v) is 3.60. The molecule has 0 aromatic heterocycles. The summed E-state index contributed by atoms with van der Waals surface area (Å²) in [5.74, 6) is 1.32. The summed E-state index contributed by atoms with van der Waals surface area (Å²) < 4.78 is 10.9. The molecule has 0 amide bonds. The molecule has 2 unspecified atom stereocenters. The van der Waals surface area contributed by atoms with E-state index in [-0.39, 0.29) is 6.61 Å². The van der Waals surface area contributed by atoms with Crippen LogP contribution in [0.1, 0.15) is 25.8 Å². The summed E-state index contributed by atoms with van der Waals surface area (Å²) in [6, 6.07) is 6.23. The normalized spacial score (nSPS) is 20.3. The first-order valence-electron chi connectivity index (χ1n) is 6.95. The average molecular weight is 265 g/mol. The summed E-state index contributed by atoms with van der Waals surface area (Å²) in [6.07, 6.45) is 1.11. The molecule has 1 saturated heterocycles. The van der Waals surface area contributed by atoms with Crippen molar-refractivity contribution in [3.05, 3.63) is 23.8 Å². The van der Waals surface area contributed by atoms with Gasteiger partial charge in [0.2, 0.25) is 0 Å². The fourth-order valence-electron chi connectivity index (χ4n) is 2.42. The second-order valence-corrected chi connectivity index (χ2v) is 4.97. The Hall–Kier alpha value is -1.26. The second kappa shape index (κ2) is 6.78. The molecule has 0 spiro atoms. The molecule has 0 aliphatic carbocycles. The highest BCUT2D eigenvalue weighted by atomic mass is 16.5. The fourth-order valence-corrected chi connectivity index (χ4v) is 2.42. The van der Waals surface area contributed by atoms with Crippen molar-refractivity contribution in [2.24, 2.45) is 5.92 Å². The smallest absolute Gasteiger partial charge is 0.124 e. The van der Waals surface area contributed by atoms with Crippen LogP contribution in [0.2, 0.25) is 0 Å². The first-order chi connectivity index (χ1) is 9.24. The van der Waals surface area contributed by atoms with Crippen LogP contribution in [0.5, 0.6) is 5.75 Å². The van der Waals surface area contributed by atoms with E-state index in [1.807, 2.05) is 25.1 Å². The van der Waals surface area contributed by atoms with E-state index >= 15 is 0 Å². The topological polar surface area (TPSA) is 50.7 Å². The van der Waals surface area contributed by atoms with Crippen LogP contribution in [-0.4, -0.2) is 31.0 Å². The van der Waals surface area contributed by atoms with Crippen LogP contribution in [0, 0.1) is 5.92 Å². The average Bonchev–Trinajstić information content (AvgIpc) is 2.94. The predicted octanol–water partition coefficient (Wildman–Crippen LogP) is 2.41. The van der Waals surface area contributed by atoms with Gasteiger partial charge >= 0.3 is 0 Å². The molecular formula is C15H23NO3. The minimum Gasteiger partial charge on any atom is -0.494 e. The number of ether oxygens (including phenoxy) is 2. The van der Waals surface area contributed by atoms with E-state index in [0.717, 1.165) is 36.6 Å². The number of nitrogens with one attached hydrogen (secondary N) is 1. The first-order valence-corrected chi connectivity index (χ1v) is 6.95. The van der Waals surface area contributed by atoms with E-state index < -0.39 is 0 Å². The monoisotopic (exact) mass is 265 g/mol. The van der Waals surface area contributed by atoms with Gasteiger partial charge in [-0.05, 0) is 38.5 Å². The molecule has 2 rings (SSSR count). The molecule has 4 heteroatoms. The molecule has 106 valence electrons. The van der Waals surface area contributed by atoms with Crippen LogP contribution in [0.3, 0.4) is 0 Å². The lowest BCUT2D eigenvalue weighted by atomic mass is 10.0. The molecule has 1 heterocycles. The lowest BCUT2D eigenvalue weighted by Gasteiger charge is -2.21. The van der Waals surface area contributed by atoms with Gasteiger partial charge in [0.1, 0.15) is 5.75 Å². The van der Waals surface area contributed by atoms with Crippen molar-refractivity contribution in [2.75, 3.05) is 25.1 Å². The zero-order valence-electron chi connectivity index (χ0n) is 11.7. The summed E-state index contributed by atoms with van der Waals surface area (Å²) in [5.41, 5.74) is 1.84. The van der Waals surface area contributed by atoms with Crippen molar-refractivity contribution in [1.29, 1.82) is 0 Å². The number of benzene rings is 1. The lowest BCUT2D eigenvalue weighted by molar-refractivity contribution is 0.183. The third kappa shape index (κ3) is 3.61. The molecule has 0 bridgehead atoms. The fraction of sp³-hybridized carbons (Fsp3) is 0.600. The van der Waals surface area contributed by atoms with E-state index in [2.05, 4.69) is 12.2 Å². The van der Waals surface area contributed by atoms with Crippen LogP contribution < -0.4 is 10.1 Å². The molecule has 4 nitrogen and oxygen atoms in total. The molecular weight excluding hydrogens is 242 g/mol. The minimum atomic E-state index is -0.00816. The predicted molar refractivity (Wildman–Crippen MR) is 75.5 cm³/mol. The number of rotatable bonds is 6. The molecule has 0 saturated carbocycles. The highest BCUT2D eigenvalue weighted by Crippen LogP contribution is 2.25. The van der Waals surface area contributed by atoms with Gasteiger partial charge in [-0.15, -0.1) is 0 Å². The van der Waals surface area contributed by atoms with Crippen molar-refractivity contribution in [3.8, 4) is 5.75 Å². The highest BCUT2D eigenvalue weighted by Gasteiger charge is 2.22. The molecule has 1 fully saturated rings. The second-order valence-electron chi connectivity index (χ2n) is 4.97. The summed E-state index contributed by atoms with van der Waals surface area (Å²) in [7, 11) is 0.